The number of rotatable bonds is 4. The average Bonchev–Trinajstić information content (AvgIpc) is 2.68. The van der Waals surface area contributed by atoms with Gasteiger partial charge in [0.2, 0.25) is 0 Å². The molecule has 1 aromatic carbocycles. The van der Waals surface area contributed by atoms with Gasteiger partial charge in [0.1, 0.15) is 5.82 Å². The summed E-state index contributed by atoms with van der Waals surface area (Å²) in [5.41, 5.74) is 3.56. The van der Waals surface area contributed by atoms with E-state index < -0.39 is 0 Å². The molecule has 0 radical (unpaired) electrons. The Morgan fingerprint density at radius 1 is 1.16 bits per heavy atom. The topological polar surface area (TPSA) is 12.0 Å². The van der Waals surface area contributed by atoms with Crippen LogP contribution in [0, 0.1) is 26.6 Å². The number of hydrogen-bond donors (Lipinski definition) is 1. The zero-order valence-corrected chi connectivity index (χ0v) is 12.7. The van der Waals surface area contributed by atoms with Gasteiger partial charge in [0, 0.05) is 15.8 Å². The van der Waals surface area contributed by atoms with E-state index in [-0.39, 0.29) is 5.82 Å². The van der Waals surface area contributed by atoms with Crippen LogP contribution in [-0.2, 0) is 6.42 Å². The van der Waals surface area contributed by atoms with Crippen LogP contribution >= 0.6 is 11.3 Å². The van der Waals surface area contributed by atoms with Gasteiger partial charge in [-0.3, -0.25) is 0 Å². The molecule has 0 saturated carbocycles. The normalized spacial score (nSPS) is 12.7. The van der Waals surface area contributed by atoms with Crippen molar-refractivity contribution in [3.63, 3.8) is 0 Å². The van der Waals surface area contributed by atoms with Gasteiger partial charge in [-0.2, -0.15) is 0 Å². The van der Waals surface area contributed by atoms with E-state index in [0.29, 0.717) is 6.04 Å². The minimum Gasteiger partial charge on any atom is -0.312 e. The van der Waals surface area contributed by atoms with Gasteiger partial charge in [0.15, 0.2) is 0 Å². The van der Waals surface area contributed by atoms with Crippen LogP contribution in [0.5, 0.6) is 0 Å². The lowest BCUT2D eigenvalue weighted by Gasteiger charge is -2.16. The van der Waals surface area contributed by atoms with E-state index in [9.17, 15) is 4.39 Å². The van der Waals surface area contributed by atoms with Crippen LogP contribution in [0.15, 0.2) is 24.3 Å². The Bertz CT molecular complexity index is 555. The summed E-state index contributed by atoms with van der Waals surface area (Å²) in [6, 6.07) is 7.58. The Balaban J connectivity index is 2.23. The molecule has 1 N–H and O–H groups in total. The summed E-state index contributed by atoms with van der Waals surface area (Å²) >= 11 is 1.84. The van der Waals surface area contributed by atoms with Gasteiger partial charge in [-0.05, 0) is 69.1 Å². The van der Waals surface area contributed by atoms with Crippen molar-refractivity contribution in [3.05, 3.63) is 56.5 Å². The third-order valence-electron chi connectivity index (χ3n) is 3.61. The van der Waals surface area contributed by atoms with Crippen molar-refractivity contribution in [3.8, 4) is 0 Å². The van der Waals surface area contributed by atoms with Crippen molar-refractivity contribution in [2.24, 2.45) is 0 Å². The predicted molar refractivity (Wildman–Crippen MR) is 80.4 cm³/mol. The zero-order chi connectivity index (χ0) is 14.0. The average molecular weight is 277 g/mol. The minimum atomic E-state index is -0.162. The van der Waals surface area contributed by atoms with Crippen LogP contribution in [-0.4, -0.2) is 7.05 Å². The molecule has 1 heterocycles. The number of halogens is 1. The van der Waals surface area contributed by atoms with Crippen LogP contribution in [0.3, 0.4) is 0 Å². The second-order valence-electron chi connectivity index (χ2n) is 5.00. The maximum absolute atomic E-state index is 13.1. The smallest absolute Gasteiger partial charge is 0.123 e. The molecule has 0 saturated heterocycles. The summed E-state index contributed by atoms with van der Waals surface area (Å²) in [6.07, 6.45) is 0.891. The molecule has 3 heteroatoms. The van der Waals surface area contributed by atoms with Crippen molar-refractivity contribution < 1.29 is 4.39 Å². The lowest BCUT2D eigenvalue weighted by Crippen LogP contribution is -2.18. The standard InChI is InChI=1S/C16H20FNS/c1-10-8-16(19-12(10)3)15(18-4)9-13-5-6-14(17)7-11(13)2/h5-8,15,18H,9H2,1-4H3. The second kappa shape index (κ2) is 5.85. The van der Waals surface area contributed by atoms with Gasteiger partial charge in [-0.15, -0.1) is 11.3 Å². The predicted octanol–water partition coefficient (Wildman–Crippen LogP) is 4.32. The van der Waals surface area contributed by atoms with Gasteiger partial charge < -0.3 is 5.32 Å². The first kappa shape index (κ1) is 14.2. The first-order valence-corrected chi connectivity index (χ1v) is 7.32. The molecule has 0 aliphatic rings. The number of likely N-dealkylation sites (N-methyl/N-ethyl adjacent to an activating group) is 1. The maximum atomic E-state index is 13.1. The third kappa shape index (κ3) is 3.23. The molecular weight excluding hydrogens is 257 g/mol. The second-order valence-corrected chi connectivity index (χ2v) is 6.29. The van der Waals surface area contributed by atoms with Crippen molar-refractivity contribution in [1.82, 2.24) is 5.32 Å². The molecule has 2 rings (SSSR count). The number of aryl methyl sites for hydroxylation is 3. The van der Waals surface area contributed by atoms with E-state index in [1.165, 1.54) is 20.9 Å². The molecule has 1 nitrogen and oxygen atoms in total. The van der Waals surface area contributed by atoms with Crippen molar-refractivity contribution in [1.29, 1.82) is 0 Å². The number of nitrogens with one attached hydrogen (secondary N) is 1. The molecule has 0 fully saturated rings. The molecule has 0 amide bonds. The summed E-state index contributed by atoms with van der Waals surface area (Å²) in [7, 11) is 1.98. The van der Waals surface area contributed by atoms with Gasteiger partial charge in [-0.1, -0.05) is 6.07 Å². The highest BCUT2D eigenvalue weighted by atomic mass is 32.1. The lowest BCUT2D eigenvalue weighted by molar-refractivity contribution is 0.595. The van der Waals surface area contributed by atoms with Crippen LogP contribution < -0.4 is 5.32 Å². The first-order chi connectivity index (χ1) is 9.01. The molecule has 2 aromatic rings. The van der Waals surface area contributed by atoms with E-state index >= 15 is 0 Å². The molecule has 0 bridgehead atoms. The fourth-order valence-electron chi connectivity index (χ4n) is 2.23. The summed E-state index contributed by atoms with van der Waals surface area (Å²) in [6.45, 7) is 6.26. The number of thiophene rings is 1. The lowest BCUT2D eigenvalue weighted by atomic mass is 10.00. The highest BCUT2D eigenvalue weighted by Gasteiger charge is 2.15. The number of benzene rings is 1. The molecular formula is C16H20FNS. The van der Waals surface area contributed by atoms with Crippen molar-refractivity contribution in [2.75, 3.05) is 7.05 Å². The number of hydrogen-bond acceptors (Lipinski definition) is 2. The molecule has 19 heavy (non-hydrogen) atoms. The van der Waals surface area contributed by atoms with Crippen LogP contribution in [0.1, 0.15) is 32.5 Å². The van der Waals surface area contributed by atoms with E-state index in [1.807, 2.05) is 31.4 Å². The fraction of sp³-hybridized carbons (Fsp3) is 0.375. The summed E-state index contributed by atoms with van der Waals surface area (Å²) in [4.78, 5) is 2.72. The van der Waals surface area contributed by atoms with Crippen molar-refractivity contribution >= 4 is 11.3 Å². The minimum absolute atomic E-state index is 0.162. The molecule has 1 aromatic heterocycles. The molecule has 102 valence electrons. The SMILES string of the molecule is CNC(Cc1ccc(F)cc1C)c1cc(C)c(C)s1. The van der Waals surface area contributed by atoms with Crippen molar-refractivity contribution in [2.45, 2.75) is 33.2 Å². The Kier molecular flexibility index (Phi) is 4.38. The molecule has 0 spiro atoms. The zero-order valence-electron chi connectivity index (χ0n) is 11.9. The molecule has 1 atom stereocenters. The summed E-state index contributed by atoms with van der Waals surface area (Å²) < 4.78 is 13.1. The van der Waals surface area contributed by atoms with Gasteiger partial charge in [0.25, 0.3) is 0 Å². The monoisotopic (exact) mass is 277 g/mol. The maximum Gasteiger partial charge on any atom is 0.123 e. The summed E-state index contributed by atoms with van der Waals surface area (Å²) in [5, 5.41) is 3.37. The molecule has 1 unspecified atom stereocenters. The Hall–Kier alpha value is -1.19. The highest BCUT2D eigenvalue weighted by Crippen LogP contribution is 2.29. The Labute approximate surface area is 118 Å². The Morgan fingerprint density at radius 2 is 1.89 bits per heavy atom. The molecule has 0 aliphatic carbocycles. The van der Waals surface area contributed by atoms with E-state index in [0.717, 1.165) is 12.0 Å². The quantitative estimate of drug-likeness (QED) is 0.878. The van der Waals surface area contributed by atoms with E-state index in [1.54, 1.807) is 12.1 Å². The van der Waals surface area contributed by atoms with Crippen LogP contribution in [0.4, 0.5) is 4.39 Å². The van der Waals surface area contributed by atoms with E-state index in [2.05, 4.69) is 25.2 Å². The molecule has 0 aliphatic heterocycles. The summed E-state index contributed by atoms with van der Waals surface area (Å²) in [5.74, 6) is -0.162. The fourth-order valence-corrected chi connectivity index (χ4v) is 3.38. The van der Waals surface area contributed by atoms with Crippen LogP contribution in [0.25, 0.3) is 0 Å². The van der Waals surface area contributed by atoms with Gasteiger partial charge in [0.05, 0.1) is 0 Å². The Morgan fingerprint density at radius 3 is 2.42 bits per heavy atom. The highest BCUT2D eigenvalue weighted by molar-refractivity contribution is 7.12. The van der Waals surface area contributed by atoms with Gasteiger partial charge >= 0.3 is 0 Å². The first-order valence-electron chi connectivity index (χ1n) is 6.50. The largest absolute Gasteiger partial charge is 0.312 e. The van der Waals surface area contributed by atoms with Crippen LogP contribution in [0.2, 0.25) is 0 Å². The third-order valence-corrected chi connectivity index (χ3v) is 4.87. The van der Waals surface area contributed by atoms with Gasteiger partial charge in [-0.25, -0.2) is 4.39 Å². The van der Waals surface area contributed by atoms with E-state index in [4.69, 9.17) is 0 Å².